The van der Waals surface area contributed by atoms with Crippen molar-refractivity contribution >= 4 is 11.6 Å². The molecule has 2 saturated heterocycles. The Morgan fingerprint density at radius 3 is 3.10 bits per heavy atom. The van der Waals surface area contributed by atoms with Crippen LogP contribution in [0.5, 0.6) is 0 Å². The van der Waals surface area contributed by atoms with Crippen LogP contribution >= 0.6 is 0 Å². The van der Waals surface area contributed by atoms with E-state index in [4.69, 9.17) is 10.5 Å². The Balaban J connectivity index is 1.71. The van der Waals surface area contributed by atoms with Crippen LogP contribution in [0, 0.1) is 0 Å². The molecule has 2 aliphatic rings. The van der Waals surface area contributed by atoms with Crippen LogP contribution in [-0.2, 0) is 11.3 Å². The Kier molecular flexibility index (Phi) is 4.03. The van der Waals surface area contributed by atoms with Gasteiger partial charge in [-0.3, -0.25) is 4.90 Å². The molecule has 3 rings (SSSR count). The van der Waals surface area contributed by atoms with Crippen LogP contribution in [0.4, 0.5) is 11.6 Å². The summed E-state index contributed by atoms with van der Waals surface area (Å²) in [7, 11) is 1.64. The SMILES string of the molecule is COCc1nc(N)cc(NC2CCN3CCCCC23)n1. The maximum Gasteiger partial charge on any atom is 0.158 e. The number of nitrogens with two attached hydrogens (primary N) is 1. The molecule has 3 heterocycles. The number of fused-ring (bicyclic) bond motifs is 1. The minimum atomic E-state index is 0.389. The van der Waals surface area contributed by atoms with Crippen molar-refractivity contribution in [2.45, 2.75) is 44.4 Å². The van der Waals surface area contributed by atoms with Crippen LogP contribution in [0.25, 0.3) is 0 Å². The zero-order chi connectivity index (χ0) is 13.9. The first-order valence-corrected chi connectivity index (χ1v) is 7.39. The smallest absolute Gasteiger partial charge is 0.158 e. The molecule has 2 atom stereocenters. The molecule has 6 nitrogen and oxygen atoms in total. The summed E-state index contributed by atoms with van der Waals surface area (Å²) in [6.45, 7) is 2.82. The molecular formula is C14H23N5O. The molecule has 0 aliphatic carbocycles. The van der Waals surface area contributed by atoms with Gasteiger partial charge in [0.05, 0.1) is 0 Å². The van der Waals surface area contributed by atoms with E-state index in [1.54, 1.807) is 7.11 Å². The summed E-state index contributed by atoms with van der Waals surface area (Å²) in [5.74, 6) is 1.95. The summed E-state index contributed by atoms with van der Waals surface area (Å²) in [5.41, 5.74) is 5.84. The van der Waals surface area contributed by atoms with E-state index in [0.29, 0.717) is 30.3 Å². The zero-order valence-electron chi connectivity index (χ0n) is 12.0. The summed E-state index contributed by atoms with van der Waals surface area (Å²) in [6, 6.07) is 2.93. The van der Waals surface area contributed by atoms with Gasteiger partial charge in [0, 0.05) is 31.8 Å². The summed E-state index contributed by atoms with van der Waals surface area (Å²) in [4.78, 5) is 11.2. The second-order valence-electron chi connectivity index (χ2n) is 5.67. The number of hydrogen-bond donors (Lipinski definition) is 2. The molecule has 0 amide bonds. The van der Waals surface area contributed by atoms with E-state index >= 15 is 0 Å². The topological polar surface area (TPSA) is 76.3 Å². The van der Waals surface area contributed by atoms with Gasteiger partial charge in [0.2, 0.25) is 0 Å². The fraction of sp³-hybridized carbons (Fsp3) is 0.714. The van der Waals surface area contributed by atoms with Crippen molar-refractivity contribution in [3.63, 3.8) is 0 Å². The number of piperidine rings is 1. The lowest BCUT2D eigenvalue weighted by molar-refractivity contribution is 0.178. The Morgan fingerprint density at radius 1 is 1.35 bits per heavy atom. The largest absolute Gasteiger partial charge is 0.384 e. The molecule has 2 unspecified atom stereocenters. The average Bonchev–Trinajstić information content (AvgIpc) is 2.82. The predicted octanol–water partition coefficient (Wildman–Crippen LogP) is 1.24. The van der Waals surface area contributed by atoms with Crippen LogP contribution in [0.2, 0.25) is 0 Å². The van der Waals surface area contributed by atoms with Gasteiger partial charge < -0.3 is 15.8 Å². The normalized spacial score (nSPS) is 26.4. The third-order valence-electron chi connectivity index (χ3n) is 4.25. The van der Waals surface area contributed by atoms with Crippen LogP contribution < -0.4 is 11.1 Å². The number of methoxy groups -OCH3 is 1. The van der Waals surface area contributed by atoms with Gasteiger partial charge >= 0.3 is 0 Å². The van der Waals surface area contributed by atoms with Gasteiger partial charge in [-0.05, 0) is 25.8 Å². The van der Waals surface area contributed by atoms with Crippen molar-refractivity contribution < 1.29 is 4.74 Å². The number of anilines is 2. The van der Waals surface area contributed by atoms with Gasteiger partial charge in [-0.2, -0.15) is 0 Å². The third-order valence-corrected chi connectivity index (χ3v) is 4.25. The highest BCUT2D eigenvalue weighted by atomic mass is 16.5. The minimum Gasteiger partial charge on any atom is -0.384 e. The number of nitrogens with zero attached hydrogens (tertiary/aromatic N) is 3. The molecule has 2 fully saturated rings. The Labute approximate surface area is 119 Å². The van der Waals surface area contributed by atoms with Crippen LogP contribution in [-0.4, -0.2) is 47.2 Å². The highest BCUT2D eigenvalue weighted by molar-refractivity contribution is 5.45. The number of ether oxygens (including phenoxy) is 1. The molecule has 20 heavy (non-hydrogen) atoms. The van der Waals surface area contributed by atoms with Crippen molar-refractivity contribution in [2.24, 2.45) is 0 Å². The third kappa shape index (κ3) is 2.86. The number of nitrogens with one attached hydrogen (secondary N) is 1. The van der Waals surface area contributed by atoms with E-state index in [2.05, 4.69) is 20.2 Å². The first-order valence-electron chi connectivity index (χ1n) is 7.39. The monoisotopic (exact) mass is 277 g/mol. The van der Waals surface area contributed by atoms with E-state index in [0.717, 1.165) is 5.82 Å². The van der Waals surface area contributed by atoms with E-state index in [1.807, 2.05) is 6.07 Å². The van der Waals surface area contributed by atoms with Crippen molar-refractivity contribution in [1.29, 1.82) is 0 Å². The molecule has 0 aromatic carbocycles. The fourth-order valence-electron chi connectivity index (χ4n) is 3.39. The number of rotatable bonds is 4. The van der Waals surface area contributed by atoms with Gasteiger partial charge in [-0.1, -0.05) is 6.42 Å². The maximum atomic E-state index is 5.84. The molecule has 0 radical (unpaired) electrons. The molecule has 2 aliphatic heterocycles. The van der Waals surface area contributed by atoms with Crippen LogP contribution in [0.1, 0.15) is 31.5 Å². The standard InChI is InChI=1S/C14H23N5O/c1-20-9-14-17-12(15)8-13(18-14)16-10-5-7-19-6-3-2-4-11(10)19/h8,10-11H,2-7,9H2,1H3,(H3,15,16,17,18). The number of hydrogen-bond acceptors (Lipinski definition) is 6. The lowest BCUT2D eigenvalue weighted by Gasteiger charge is -2.32. The molecule has 0 spiro atoms. The Hall–Kier alpha value is -1.40. The van der Waals surface area contributed by atoms with E-state index in [9.17, 15) is 0 Å². The predicted molar refractivity (Wildman–Crippen MR) is 78.4 cm³/mol. The second-order valence-corrected chi connectivity index (χ2v) is 5.67. The molecule has 6 heteroatoms. The van der Waals surface area contributed by atoms with E-state index in [1.165, 1.54) is 38.8 Å². The van der Waals surface area contributed by atoms with Crippen molar-refractivity contribution in [1.82, 2.24) is 14.9 Å². The Bertz CT molecular complexity index is 467. The molecule has 3 N–H and O–H groups in total. The summed E-state index contributed by atoms with van der Waals surface area (Å²) in [6.07, 6.45) is 5.12. The fourth-order valence-corrected chi connectivity index (χ4v) is 3.39. The average molecular weight is 277 g/mol. The minimum absolute atomic E-state index is 0.389. The lowest BCUT2D eigenvalue weighted by atomic mass is 9.99. The van der Waals surface area contributed by atoms with Gasteiger partial charge in [-0.15, -0.1) is 0 Å². The quantitative estimate of drug-likeness (QED) is 0.862. The summed E-state index contributed by atoms with van der Waals surface area (Å²) >= 11 is 0. The summed E-state index contributed by atoms with van der Waals surface area (Å²) < 4.78 is 5.08. The molecule has 1 aromatic heterocycles. The van der Waals surface area contributed by atoms with Crippen LogP contribution in [0.15, 0.2) is 6.07 Å². The second kappa shape index (κ2) is 5.93. The van der Waals surface area contributed by atoms with Gasteiger partial charge in [0.1, 0.15) is 18.2 Å². The first-order chi connectivity index (χ1) is 9.76. The number of nitrogen functional groups attached to an aromatic ring is 1. The van der Waals surface area contributed by atoms with E-state index < -0.39 is 0 Å². The van der Waals surface area contributed by atoms with Crippen molar-refractivity contribution in [3.05, 3.63) is 11.9 Å². The van der Waals surface area contributed by atoms with Crippen LogP contribution in [0.3, 0.4) is 0 Å². The highest BCUT2D eigenvalue weighted by Gasteiger charge is 2.35. The van der Waals surface area contributed by atoms with Crippen molar-refractivity contribution in [2.75, 3.05) is 31.2 Å². The summed E-state index contributed by atoms with van der Waals surface area (Å²) in [5, 5.41) is 3.55. The van der Waals surface area contributed by atoms with Gasteiger partial charge in [0.25, 0.3) is 0 Å². The zero-order valence-corrected chi connectivity index (χ0v) is 12.0. The van der Waals surface area contributed by atoms with Crippen molar-refractivity contribution in [3.8, 4) is 0 Å². The molecule has 0 saturated carbocycles. The number of aromatic nitrogens is 2. The van der Waals surface area contributed by atoms with Gasteiger partial charge in [0.15, 0.2) is 5.82 Å². The maximum absolute atomic E-state index is 5.84. The first kappa shape index (κ1) is 13.6. The molecule has 0 bridgehead atoms. The molecule has 1 aromatic rings. The molecular weight excluding hydrogens is 254 g/mol. The highest BCUT2D eigenvalue weighted by Crippen LogP contribution is 2.29. The van der Waals surface area contributed by atoms with E-state index in [-0.39, 0.29) is 0 Å². The Morgan fingerprint density at radius 2 is 2.25 bits per heavy atom. The lowest BCUT2D eigenvalue weighted by Crippen LogP contribution is -2.41. The van der Waals surface area contributed by atoms with Gasteiger partial charge in [-0.25, -0.2) is 9.97 Å². The molecule has 110 valence electrons.